The summed E-state index contributed by atoms with van der Waals surface area (Å²) in [4.78, 5) is 9.24. The van der Waals surface area contributed by atoms with Gasteiger partial charge in [-0.1, -0.05) is 27.2 Å². The number of nitrogens with one attached hydrogen (secondary N) is 2. The van der Waals surface area contributed by atoms with Gasteiger partial charge in [0.2, 0.25) is 0 Å². The summed E-state index contributed by atoms with van der Waals surface area (Å²) >= 11 is 0. The molecule has 1 aliphatic rings. The fourth-order valence-corrected chi connectivity index (χ4v) is 3.43. The van der Waals surface area contributed by atoms with Gasteiger partial charge in [0.15, 0.2) is 5.96 Å². The van der Waals surface area contributed by atoms with Crippen LogP contribution in [0.4, 0.5) is 0 Å². The third-order valence-corrected chi connectivity index (χ3v) is 4.85. The van der Waals surface area contributed by atoms with Gasteiger partial charge < -0.3 is 15.2 Å². The molecule has 1 saturated carbocycles. The molecule has 25 heavy (non-hydrogen) atoms. The van der Waals surface area contributed by atoms with Crippen molar-refractivity contribution < 1.29 is 0 Å². The first-order chi connectivity index (χ1) is 11.6. The molecule has 144 valence electrons. The fourth-order valence-electron chi connectivity index (χ4n) is 3.43. The molecule has 1 aromatic rings. The van der Waals surface area contributed by atoms with Crippen molar-refractivity contribution in [3.05, 3.63) is 18.2 Å². The SMILES string of the molecule is CCNC(=NCc1nccn1CC(C)C)NC1CCC(CC)CC1.I. The van der Waals surface area contributed by atoms with Crippen molar-refractivity contribution in [3.63, 3.8) is 0 Å². The lowest BCUT2D eigenvalue weighted by atomic mass is 9.84. The molecular weight excluding hydrogens is 425 g/mol. The summed E-state index contributed by atoms with van der Waals surface area (Å²) < 4.78 is 2.21. The van der Waals surface area contributed by atoms with Crippen LogP contribution in [-0.2, 0) is 13.1 Å². The second kappa shape index (κ2) is 11.8. The maximum atomic E-state index is 4.77. The predicted molar refractivity (Wildman–Crippen MR) is 116 cm³/mol. The Balaban J connectivity index is 0.00000312. The zero-order chi connectivity index (χ0) is 17.4. The van der Waals surface area contributed by atoms with Crippen LogP contribution in [0.3, 0.4) is 0 Å². The lowest BCUT2D eigenvalue weighted by molar-refractivity contribution is 0.304. The molecule has 2 rings (SSSR count). The molecule has 1 aliphatic carbocycles. The predicted octanol–water partition coefficient (Wildman–Crippen LogP) is 4.18. The standard InChI is InChI=1S/C19H35N5.HI/c1-5-16-7-9-17(10-8-16)23-19(20-6-2)22-13-18-21-11-12-24(18)14-15(3)4;/h11-12,15-17H,5-10,13-14H2,1-4H3,(H2,20,22,23);1H. The van der Waals surface area contributed by atoms with Gasteiger partial charge in [-0.15, -0.1) is 24.0 Å². The van der Waals surface area contributed by atoms with E-state index in [1.54, 1.807) is 0 Å². The van der Waals surface area contributed by atoms with E-state index >= 15 is 0 Å². The largest absolute Gasteiger partial charge is 0.357 e. The molecule has 0 bridgehead atoms. The first kappa shape index (κ1) is 22.3. The van der Waals surface area contributed by atoms with Crippen LogP contribution >= 0.6 is 24.0 Å². The van der Waals surface area contributed by atoms with Crippen molar-refractivity contribution in [3.8, 4) is 0 Å². The third-order valence-electron chi connectivity index (χ3n) is 4.85. The molecule has 0 aromatic carbocycles. The zero-order valence-electron chi connectivity index (χ0n) is 16.3. The van der Waals surface area contributed by atoms with Crippen molar-refractivity contribution in [2.75, 3.05) is 6.54 Å². The summed E-state index contributed by atoms with van der Waals surface area (Å²) in [6.45, 7) is 11.4. The fraction of sp³-hybridized carbons (Fsp3) is 0.789. The molecule has 1 aromatic heterocycles. The van der Waals surface area contributed by atoms with E-state index < -0.39 is 0 Å². The molecular formula is C19H36IN5. The maximum Gasteiger partial charge on any atom is 0.191 e. The van der Waals surface area contributed by atoms with Crippen LogP contribution in [0.2, 0.25) is 0 Å². The highest BCUT2D eigenvalue weighted by Gasteiger charge is 2.20. The van der Waals surface area contributed by atoms with Crippen LogP contribution < -0.4 is 10.6 Å². The number of hydrogen-bond acceptors (Lipinski definition) is 2. The highest BCUT2D eigenvalue weighted by molar-refractivity contribution is 14.0. The minimum absolute atomic E-state index is 0. The van der Waals surface area contributed by atoms with Gasteiger partial charge in [0.1, 0.15) is 12.4 Å². The Morgan fingerprint density at radius 1 is 1.28 bits per heavy atom. The Morgan fingerprint density at radius 3 is 2.60 bits per heavy atom. The zero-order valence-corrected chi connectivity index (χ0v) is 18.6. The summed E-state index contributed by atoms with van der Waals surface area (Å²) in [7, 11) is 0. The van der Waals surface area contributed by atoms with E-state index in [0.717, 1.165) is 30.8 Å². The van der Waals surface area contributed by atoms with Crippen LogP contribution in [0.15, 0.2) is 17.4 Å². The van der Waals surface area contributed by atoms with Crippen molar-refractivity contribution in [1.82, 2.24) is 20.2 Å². The van der Waals surface area contributed by atoms with Crippen LogP contribution in [0.25, 0.3) is 0 Å². The second-order valence-corrected chi connectivity index (χ2v) is 7.36. The third kappa shape index (κ3) is 7.54. The Labute approximate surface area is 170 Å². The van der Waals surface area contributed by atoms with Gasteiger partial charge in [0, 0.05) is 31.5 Å². The first-order valence-corrected chi connectivity index (χ1v) is 9.67. The lowest BCUT2D eigenvalue weighted by Gasteiger charge is -2.29. The van der Waals surface area contributed by atoms with Crippen molar-refractivity contribution in [2.24, 2.45) is 16.8 Å². The van der Waals surface area contributed by atoms with Gasteiger partial charge in [0.25, 0.3) is 0 Å². The second-order valence-electron chi connectivity index (χ2n) is 7.36. The van der Waals surface area contributed by atoms with Gasteiger partial charge in [-0.25, -0.2) is 9.98 Å². The molecule has 0 unspecified atom stereocenters. The van der Waals surface area contributed by atoms with Crippen LogP contribution in [0.1, 0.15) is 65.6 Å². The number of guanidine groups is 1. The van der Waals surface area contributed by atoms with Gasteiger partial charge in [-0.3, -0.25) is 0 Å². The summed E-state index contributed by atoms with van der Waals surface area (Å²) in [6.07, 6.45) is 10.4. The van der Waals surface area contributed by atoms with Crippen molar-refractivity contribution in [1.29, 1.82) is 0 Å². The molecule has 0 radical (unpaired) electrons. The summed E-state index contributed by atoms with van der Waals surface area (Å²) in [5.41, 5.74) is 0. The minimum atomic E-state index is 0. The van der Waals surface area contributed by atoms with Gasteiger partial charge in [-0.2, -0.15) is 0 Å². The molecule has 0 saturated heterocycles. The molecule has 0 atom stereocenters. The molecule has 2 N–H and O–H groups in total. The Kier molecular flexibility index (Phi) is 10.5. The van der Waals surface area contributed by atoms with Crippen molar-refractivity contribution in [2.45, 2.75) is 78.9 Å². The smallest absolute Gasteiger partial charge is 0.191 e. The van der Waals surface area contributed by atoms with Crippen molar-refractivity contribution >= 4 is 29.9 Å². The Bertz CT molecular complexity index is 504. The normalized spacial score (nSPS) is 21.1. The first-order valence-electron chi connectivity index (χ1n) is 9.67. The maximum absolute atomic E-state index is 4.77. The van der Waals surface area contributed by atoms with E-state index in [9.17, 15) is 0 Å². The Hall–Kier alpha value is -0.790. The van der Waals surface area contributed by atoms with E-state index in [2.05, 4.69) is 54.1 Å². The van der Waals surface area contributed by atoms with Crippen LogP contribution in [0.5, 0.6) is 0 Å². The van der Waals surface area contributed by atoms with Gasteiger partial charge in [0.05, 0.1) is 0 Å². The average molecular weight is 461 g/mol. The number of imidazole rings is 1. The van der Waals surface area contributed by atoms with Gasteiger partial charge in [-0.05, 0) is 44.4 Å². The number of aromatic nitrogens is 2. The average Bonchev–Trinajstić information content (AvgIpc) is 3.00. The van der Waals surface area contributed by atoms with Crippen LogP contribution in [-0.4, -0.2) is 28.1 Å². The van der Waals surface area contributed by atoms with E-state index in [1.165, 1.54) is 32.1 Å². The molecule has 1 heterocycles. The topological polar surface area (TPSA) is 54.2 Å². The molecule has 0 aliphatic heterocycles. The summed E-state index contributed by atoms with van der Waals surface area (Å²) in [5, 5.41) is 7.01. The number of nitrogens with zero attached hydrogens (tertiary/aromatic N) is 3. The number of aliphatic imine (C=N–C) groups is 1. The summed E-state index contributed by atoms with van der Waals surface area (Å²) in [6, 6.07) is 0.556. The van der Waals surface area contributed by atoms with E-state index in [1.807, 2.05) is 6.20 Å². The molecule has 5 nitrogen and oxygen atoms in total. The van der Waals surface area contributed by atoms with E-state index in [4.69, 9.17) is 4.99 Å². The van der Waals surface area contributed by atoms with E-state index in [-0.39, 0.29) is 24.0 Å². The molecule has 0 spiro atoms. The highest BCUT2D eigenvalue weighted by Crippen LogP contribution is 2.26. The quantitative estimate of drug-likeness (QED) is 0.364. The van der Waals surface area contributed by atoms with Gasteiger partial charge >= 0.3 is 0 Å². The molecule has 6 heteroatoms. The van der Waals surface area contributed by atoms with E-state index in [0.29, 0.717) is 18.5 Å². The summed E-state index contributed by atoms with van der Waals surface area (Å²) in [5.74, 6) is 3.50. The number of rotatable bonds is 7. The Morgan fingerprint density at radius 2 is 2.00 bits per heavy atom. The monoisotopic (exact) mass is 461 g/mol. The van der Waals surface area contributed by atoms with Crippen LogP contribution in [0, 0.1) is 11.8 Å². The highest BCUT2D eigenvalue weighted by atomic mass is 127. The number of halogens is 1. The molecule has 1 fully saturated rings. The molecule has 0 amide bonds. The minimum Gasteiger partial charge on any atom is -0.357 e. The lowest BCUT2D eigenvalue weighted by Crippen LogP contribution is -2.44. The number of hydrogen-bond donors (Lipinski definition) is 2.